The van der Waals surface area contributed by atoms with Crippen LogP contribution in [0.3, 0.4) is 0 Å². The molecule has 1 aliphatic carbocycles. The van der Waals surface area contributed by atoms with Crippen molar-refractivity contribution in [3.05, 3.63) is 52.1 Å². The second kappa shape index (κ2) is 6.08. The highest BCUT2D eigenvalue weighted by Crippen LogP contribution is 2.43. The number of nitrogens with one attached hydrogen (secondary N) is 1. The number of aromatic nitrogens is 3. The highest BCUT2D eigenvalue weighted by Gasteiger charge is 2.39. The minimum atomic E-state index is -1.22. The maximum atomic E-state index is 13.0. The second-order valence-electron chi connectivity index (χ2n) is 8.03. The van der Waals surface area contributed by atoms with Gasteiger partial charge in [0.2, 0.25) is 5.43 Å². The van der Waals surface area contributed by atoms with Crippen LogP contribution in [0.5, 0.6) is 0 Å². The van der Waals surface area contributed by atoms with E-state index in [1.807, 2.05) is 28.7 Å². The number of carboxylic acids is 1. The molecule has 8 heteroatoms. The summed E-state index contributed by atoms with van der Waals surface area (Å²) in [5.74, 6) is 1.16. The average molecular weight is 406 g/mol. The molecule has 0 spiro atoms. The van der Waals surface area contributed by atoms with Gasteiger partial charge in [-0.3, -0.25) is 9.20 Å². The molecule has 0 amide bonds. The standard InChI is InChI=1S/C21H18N4O3S/c26-17-13-9-23-18(10-5-11-7-22-8-12(11)6-10)24-19(13)25-14-3-1-2-4-15(14)29-20(25)16(17)21(27)28/h1-4,9-12,22H,5-8H2,(H,27,28). The Bertz CT molecular complexity index is 1360. The molecule has 2 N–H and O–H groups in total. The molecule has 4 heterocycles. The van der Waals surface area contributed by atoms with Gasteiger partial charge in [0.25, 0.3) is 0 Å². The lowest BCUT2D eigenvalue weighted by molar-refractivity contribution is 0.0697. The molecule has 2 fully saturated rings. The number of thiazole rings is 1. The van der Waals surface area contributed by atoms with Gasteiger partial charge in [-0.1, -0.05) is 12.1 Å². The molecule has 1 aliphatic heterocycles. The number of aromatic carboxylic acids is 1. The minimum Gasteiger partial charge on any atom is -0.477 e. The van der Waals surface area contributed by atoms with E-state index in [0.29, 0.717) is 22.3 Å². The average Bonchev–Trinajstić information content (AvgIpc) is 3.40. The van der Waals surface area contributed by atoms with Gasteiger partial charge >= 0.3 is 5.97 Å². The first kappa shape index (κ1) is 17.1. The Hall–Kier alpha value is -2.84. The van der Waals surface area contributed by atoms with Crippen LogP contribution in [0.25, 0.3) is 26.1 Å². The van der Waals surface area contributed by atoms with Crippen molar-refractivity contribution in [2.24, 2.45) is 11.8 Å². The molecule has 1 aromatic carbocycles. The largest absolute Gasteiger partial charge is 0.477 e. The zero-order chi connectivity index (χ0) is 19.7. The van der Waals surface area contributed by atoms with Crippen molar-refractivity contribution in [1.82, 2.24) is 19.7 Å². The number of nitrogens with zero attached hydrogens (tertiary/aromatic N) is 3. The number of para-hydroxylation sites is 1. The van der Waals surface area contributed by atoms with E-state index in [1.165, 1.54) is 17.5 Å². The normalized spacial score (nSPS) is 23.9. The third-order valence-electron chi connectivity index (χ3n) is 6.43. The Morgan fingerprint density at radius 3 is 2.72 bits per heavy atom. The fourth-order valence-electron chi connectivity index (χ4n) is 5.07. The van der Waals surface area contributed by atoms with E-state index < -0.39 is 11.4 Å². The van der Waals surface area contributed by atoms with Crippen molar-refractivity contribution in [1.29, 1.82) is 0 Å². The summed E-state index contributed by atoms with van der Waals surface area (Å²) in [7, 11) is 0. The molecule has 2 atom stereocenters. The monoisotopic (exact) mass is 406 g/mol. The van der Waals surface area contributed by atoms with Crippen LogP contribution in [0.2, 0.25) is 0 Å². The van der Waals surface area contributed by atoms with Crippen molar-refractivity contribution in [2.75, 3.05) is 13.1 Å². The summed E-state index contributed by atoms with van der Waals surface area (Å²) in [6.07, 6.45) is 3.63. The molecule has 2 aliphatic rings. The van der Waals surface area contributed by atoms with Crippen molar-refractivity contribution < 1.29 is 9.90 Å². The number of benzene rings is 1. The molecule has 2 unspecified atom stereocenters. The van der Waals surface area contributed by atoms with Gasteiger partial charge in [-0.05, 0) is 49.9 Å². The lowest BCUT2D eigenvalue weighted by atomic mass is 10.0. The molecule has 146 valence electrons. The molecular formula is C21H18N4O3S. The van der Waals surface area contributed by atoms with Crippen LogP contribution in [-0.2, 0) is 0 Å². The lowest BCUT2D eigenvalue weighted by Gasteiger charge is -2.12. The van der Waals surface area contributed by atoms with Crippen LogP contribution < -0.4 is 10.7 Å². The van der Waals surface area contributed by atoms with E-state index in [4.69, 9.17) is 4.98 Å². The molecule has 6 rings (SSSR count). The van der Waals surface area contributed by atoms with Crippen molar-refractivity contribution in [3.8, 4) is 0 Å². The Balaban J connectivity index is 1.65. The summed E-state index contributed by atoms with van der Waals surface area (Å²) in [4.78, 5) is 34.6. The number of rotatable bonds is 2. The van der Waals surface area contributed by atoms with Crippen LogP contribution in [0.1, 0.15) is 34.9 Å². The summed E-state index contributed by atoms with van der Waals surface area (Å²) in [5.41, 5.74) is 0.638. The van der Waals surface area contributed by atoms with Gasteiger partial charge in [-0.2, -0.15) is 0 Å². The number of fused-ring (bicyclic) bond motifs is 6. The first-order valence-corrected chi connectivity index (χ1v) is 10.6. The molecule has 0 radical (unpaired) electrons. The molecule has 1 saturated carbocycles. The summed E-state index contributed by atoms with van der Waals surface area (Å²) in [6.45, 7) is 2.10. The first-order valence-electron chi connectivity index (χ1n) is 9.78. The van der Waals surface area contributed by atoms with Crippen LogP contribution in [0, 0.1) is 11.8 Å². The molecule has 4 aromatic rings. The van der Waals surface area contributed by atoms with E-state index in [-0.39, 0.29) is 16.9 Å². The van der Waals surface area contributed by atoms with Crippen LogP contribution in [0.15, 0.2) is 35.3 Å². The van der Waals surface area contributed by atoms with Gasteiger partial charge in [-0.25, -0.2) is 14.8 Å². The lowest BCUT2D eigenvalue weighted by Crippen LogP contribution is -2.19. The molecule has 29 heavy (non-hydrogen) atoms. The third kappa shape index (κ3) is 2.39. The van der Waals surface area contributed by atoms with Gasteiger partial charge in [-0.15, -0.1) is 11.3 Å². The van der Waals surface area contributed by atoms with Crippen molar-refractivity contribution in [2.45, 2.75) is 18.8 Å². The van der Waals surface area contributed by atoms with Gasteiger partial charge < -0.3 is 10.4 Å². The van der Waals surface area contributed by atoms with Crippen LogP contribution in [-0.4, -0.2) is 38.5 Å². The highest BCUT2D eigenvalue weighted by molar-refractivity contribution is 7.24. The van der Waals surface area contributed by atoms with Gasteiger partial charge in [0.15, 0.2) is 5.65 Å². The highest BCUT2D eigenvalue weighted by atomic mass is 32.1. The number of pyridine rings is 1. The summed E-state index contributed by atoms with van der Waals surface area (Å²) < 4.78 is 2.74. The van der Waals surface area contributed by atoms with Crippen molar-refractivity contribution >= 4 is 43.4 Å². The fourth-order valence-corrected chi connectivity index (χ4v) is 6.25. The maximum absolute atomic E-state index is 13.0. The van der Waals surface area contributed by atoms with E-state index >= 15 is 0 Å². The van der Waals surface area contributed by atoms with E-state index in [2.05, 4.69) is 10.3 Å². The fraction of sp³-hybridized carbons (Fsp3) is 0.333. The third-order valence-corrected chi connectivity index (χ3v) is 7.58. The predicted octanol–water partition coefficient (Wildman–Crippen LogP) is 2.87. The number of carboxylic acid groups (broad SMARTS) is 1. The smallest absolute Gasteiger partial charge is 0.342 e. The zero-order valence-corrected chi connectivity index (χ0v) is 16.3. The second-order valence-corrected chi connectivity index (χ2v) is 9.06. The van der Waals surface area contributed by atoms with Gasteiger partial charge in [0, 0.05) is 12.1 Å². The quantitative estimate of drug-likeness (QED) is 0.531. The molecular weight excluding hydrogens is 388 g/mol. The first-order chi connectivity index (χ1) is 14.1. The molecule has 7 nitrogen and oxygen atoms in total. The molecule has 1 saturated heterocycles. The van der Waals surface area contributed by atoms with E-state index in [1.54, 1.807) is 0 Å². The number of hydrogen-bond acceptors (Lipinski definition) is 6. The molecule has 3 aromatic heterocycles. The Kier molecular flexibility index (Phi) is 3.57. The van der Waals surface area contributed by atoms with E-state index in [0.717, 1.165) is 42.0 Å². The maximum Gasteiger partial charge on any atom is 0.342 e. The Morgan fingerprint density at radius 2 is 1.97 bits per heavy atom. The molecule has 0 bridgehead atoms. The van der Waals surface area contributed by atoms with E-state index in [9.17, 15) is 14.7 Å². The van der Waals surface area contributed by atoms with Gasteiger partial charge in [0.1, 0.15) is 16.2 Å². The minimum absolute atomic E-state index is 0.212. The zero-order valence-electron chi connectivity index (χ0n) is 15.5. The summed E-state index contributed by atoms with van der Waals surface area (Å²) >= 11 is 1.31. The van der Waals surface area contributed by atoms with Crippen molar-refractivity contribution in [3.63, 3.8) is 0 Å². The summed E-state index contributed by atoms with van der Waals surface area (Å²) in [5, 5.41) is 13.4. The Morgan fingerprint density at radius 1 is 1.21 bits per heavy atom. The number of carbonyl (C=O) groups is 1. The van der Waals surface area contributed by atoms with Crippen LogP contribution in [0.4, 0.5) is 0 Å². The van der Waals surface area contributed by atoms with Gasteiger partial charge in [0.05, 0.1) is 15.6 Å². The summed E-state index contributed by atoms with van der Waals surface area (Å²) in [6, 6.07) is 7.68. The van der Waals surface area contributed by atoms with Crippen LogP contribution >= 0.6 is 11.3 Å². The topological polar surface area (TPSA) is 96.6 Å². The SMILES string of the molecule is O=C(O)c1c(=O)c2cnc(C3CC4CNCC4C3)nc2n2c1sc1ccccc12. The Labute approximate surface area is 169 Å². The predicted molar refractivity (Wildman–Crippen MR) is 111 cm³/mol. The number of hydrogen-bond donors (Lipinski definition) is 2.